The Morgan fingerprint density at radius 3 is 2.93 bits per heavy atom. The molecule has 0 bridgehead atoms. The first-order valence-electron chi connectivity index (χ1n) is 5.72. The predicted octanol–water partition coefficient (Wildman–Crippen LogP) is 3.82. The van der Waals surface area contributed by atoms with Crippen LogP contribution in [-0.4, -0.2) is 6.04 Å². The van der Waals surface area contributed by atoms with E-state index in [4.69, 9.17) is 0 Å². The molecule has 1 unspecified atom stereocenters. The predicted molar refractivity (Wildman–Crippen MR) is 68.1 cm³/mol. The fraction of sp³-hybridized carbons (Fsp3) is 0.538. The van der Waals surface area contributed by atoms with E-state index in [1.165, 1.54) is 34.9 Å². The molecule has 2 rings (SSSR count). The van der Waals surface area contributed by atoms with Crippen molar-refractivity contribution in [3.05, 3.63) is 33.8 Å². The summed E-state index contributed by atoms with van der Waals surface area (Å²) in [7, 11) is 0. The fourth-order valence-corrected chi connectivity index (χ4v) is 2.96. The van der Waals surface area contributed by atoms with Crippen LogP contribution in [0.1, 0.15) is 43.9 Å². The van der Waals surface area contributed by atoms with Gasteiger partial charge in [0.25, 0.3) is 0 Å². The van der Waals surface area contributed by atoms with Crippen LogP contribution in [0.2, 0.25) is 0 Å². The highest BCUT2D eigenvalue weighted by Crippen LogP contribution is 2.34. The third-order valence-electron chi connectivity index (χ3n) is 2.98. The first kappa shape index (κ1) is 11.2. The molecule has 1 aromatic carbocycles. The molecular weight excluding hydrogens is 250 g/mol. The quantitative estimate of drug-likeness (QED) is 0.859. The van der Waals surface area contributed by atoms with Gasteiger partial charge in [-0.05, 0) is 36.5 Å². The second kappa shape index (κ2) is 4.67. The molecule has 0 amide bonds. The van der Waals surface area contributed by atoms with Crippen LogP contribution in [0.25, 0.3) is 0 Å². The van der Waals surface area contributed by atoms with Crippen LogP contribution in [0.3, 0.4) is 0 Å². The minimum absolute atomic E-state index is 0.547. The minimum atomic E-state index is 0.547. The fourth-order valence-electron chi connectivity index (χ4n) is 2.38. The van der Waals surface area contributed by atoms with Gasteiger partial charge in [-0.1, -0.05) is 41.9 Å². The van der Waals surface area contributed by atoms with Gasteiger partial charge in [-0.3, -0.25) is 0 Å². The van der Waals surface area contributed by atoms with Crippen molar-refractivity contribution in [3.8, 4) is 0 Å². The molecule has 0 fully saturated rings. The third kappa shape index (κ3) is 2.43. The van der Waals surface area contributed by atoms with Crippen LogP contribution >= 0.6 is 15.9 Å². The Morgan fingerprint density at radius 1 is 1.40 bits per heavy atom. The molecule has 1 aromatic rings. The summed E-state index contributed by atoms with van der Waals surface area (Å²) in [5.41, 5.74) is 2.99. The van der Waals surface area contributed by atoms with E-state index in [1.807, 2.05) is 0 Å². The number of benzene rings is 1. The van der Waals surface area contributed by atoms with E-state index < -0.39 is 0 Å². The van der Waals surface area contributed by atoms with Gasteiger partial charge in [-0.25, -0.2) is 0 Å². The summed E-state index contributed by atoms with van der Waals surface area (Å²) in [4.78, 5) is 0. The van der Waals surface area contributed by atoms with Gasteiger partial charge < -0.3 is 5.32 Å². The van der Waals surface area contributed by atoms with Crippen molar-refractivity contribution in [3.63, 3.8) is 0 Å². The van der Waals surface area contributed by atoms with Crippen molar-refractivity contribution in [2.75, 3.05) is 0 Å². The molecule has 2 heteroatoms. The average Bonchev–Trinajstić information content (AvgIpc) is 2.19. The van der Waals surface area contributed by atoms with Gasteiger partial charge >= 0.3 is 0 Å². The number of hydrogen-bond acceptors (Lipinski definition) is 1. The maximum Gasteiger partial charge on any atom is 0.0325 e. The first-order chi connectivity index (χ1) is 7.18. The van der Waals surface area contributed by atoms with Crippen LogP contribution in [0.15, 0.2) is 22.7 Å². The highest BCUT2D eigenvalue weighted by atomic mass is 79.9. The topological polar surface area (TPSA) is 12.0 Å². The molecule has 0 radical (unpaired) electrons. The van der Waals surface area contributed by atoms with Gasteiger partial charge in [-0.2, -0.15) is 0 Å². The molecular formula is C13H18BrN. The second-order valence-electron chi connectivity index (χ2n) is 4.57. The lowest BCUT2D eigenvalue weighted by Gasteiger charge is -2.28. The molecule has 1 aliphatic carbocycles. The largest absolute Gasteiger partial charge is 0.308 e. The number of nitrogens with one attached hydrogen (secondary N) is 1. The number of rotatable bonds is 2. The van der Waals surface area contributed by atoms with E-state index >= 15 is 0 Å². The smallest absolute Gasteiger partial charge is 0.0325 e. The molecule has 0 heterocycles. The molecule has 0 aliphatic heterocycles. The summed E-state index contributed by atoms with van der Waals surface area (Å²) >= 11 is 3.65. The Kier molecular flexibility index (Phi) is 3.47. The second-order valence-corrected chi connectivity index (χ2v) is 5.43. The van der Waals surface area contributed by atoms with Crippen LogP contribution in [0, 0.1) is 0 Å². The van der Waals surface area contributed by atoms with E-state index in [1.54, 1.807) is 0 Å². The molecule has 0 spiro atoms. The van der Waals surface area contributed by atoms with E-state index in [0.29, 0.717) is 12.1 Å². The SMILES string of the molecule is CC(C)NC1CCCc2c(Br)cccc21. The van der Waals surface area contributed by atoms with Crippen molar-refractivity contribution in [1.29, 1.82) is 0 Å². The number of fused-ring (bicyclic) bond motifs is 1. The van der Waals surface area contributed by atoms with Crippen molar-refractivity contribution in [2.45, 2.75) is 45.2 Å². The molecule has 1 N–H and O–H groups in total. The standard InChI is InChI=1S/C13H18BrN/c1-9(2)15-13-8-4-5-10-11(13)6-3-7-12(10)14/h3,6-7,9,13,15H,4-5,8H2,1-2H3. The van der Waals surface area contributed by atoms with Gasteiger partial charge in [-0.15, -0.1) is 0 Å². The van der Waals surface area contributed by atoms with E-state index in [9.17, 15) is 0 Å². The van der Waals surface area contributed by atoms with Gasteiger partial charge in [0.1, 0.15) is 0 Å². The zero-order valence-electron chi connectivity index (χ0n) is 9.39. The lowest BCUT2D eigenvalue weighted by Crippen LogP contribution is -2.30. The molecule has 0 saturated carbocycles. The normalized spacial score (nSPS) is 20.4. The number of hydrogen-bond donors (Lipinski definition) is 1. The summed E-state index contributed by atoms with van der Waals surface area (Å²) < 4.78 is 1.27. The Morgan fingerprint density at radius 2 is 2.20 bits per heavy atom. The van der Waals surface area contributed by atoms with Gasteiger partial charge in [0.05, 0.1) is 0 Å². The summed E-state index contributed by atoms with van der Waals surface area (Å²) in [6.45, 7) is 4.43. The van der Waals surface area contributed by atoms with Gasteiger partial charge in [0.2, 0.25) is 0 Å². The number of halogens is 1. The molecule has 0 saturated heterocycles. The Labute approximate surface area is 100 Å². The summed E-state index contributed by atoms with van der Waals surface area (Å²) in [5, 5.41) is 3.64. The maximum absolute atomic E-state index is 3.65. The monoisotopic (exact) mass is 267 g/mol. The van der Waals surface area contributed by atoms with Crippen LogP contribution < -0.4 is 5.32 Å². The van der Waals surface area contributed by atoms with Crippen LogP contribution in [-0.2, 0) is 6.42 Å². The molecule has 82 valence electrons. The molecule has 0 aromatic heterocycles. The third-order valence-corrected chi connectivity index (χ3v) is 3.73. The summed E-state index contributed by atoms with van der Waals surface area (Å²) in [6.07, 6.45) is 3.77. The van der Waals surface area contributed by atoms with E-state index in [0.717, 1.165) is 0 Å². The van der Waals surface area contributed by atoms with Gasteiger partial charge in [0, 0.05) is 16.6 Å². The Balaban J connectivity index is 2.30. The van der Waals surface area contributed by atoms with Crippen molar-refractivity contribution in [2.24, 2.45) is 0 Å². The van der Waals surface area contributed by atoms with Crippen molar-refractivity contribution in [1.82, 2.24) is 5.32 Å². The minimum Gasteiger partial charge on any atom is -0.308 e. The van der Waals surface area contributed by atoms with E-state index in [-0.39, 0.29) is 0 Å². The maximum atomic E-state index is 3.65. The lowest BCUT2D eigenvalue weighted by atomic mass is 9.87. The van der Waals surface area contributed by atoms with Crippen molar-refractivity contribution >= 4 is 15.9 Å². The molecule has 1 aliphatic rings. The average molecular weight is 268 g/mol. The van der Waals surface area contributed by atoms with E-state index in [2.05, 4.69) is 53.3 Å². The highest BCUT2D eigenvalue weighted by Gasteiger charge is 2.21. The highest BCUT2D eigenvalue weighted by molar-refractivity contribution is 9.10. The lowest BCUT2D eigenvalue weighted by molar-refractivity contribution is 0.422. The molecule has 1 atom stereocenters. The molecule has 1 nitrogen and oxygen atoms in total. The molecule has 15 heavy (non-hydrogen) atoms. The zero-order chi connectivity index (χ0) is 10.8. The summed E-state index contributed by atoms with van der Waals surface area (Å²) in [5.74, 6) is 0. The van der Waals surface area contributed by atoms with Crippen LogP contribution in [0.4, 0.5) is 0 Å². The Bertz CT molecular complexity index is 346. The Hall–Kier alpha value is -0.340. The van der Waals surface area contributed by atoms with Crippen LogP contribution in [0.5, 0.6) is 0 Å². The first-order valence-corrected chi connectivity index (χ1v) is 6.51. The van der Waals surface area contributed by atoms with Gasteiger partial charge in [0.15, 0.2) is 0 Å². The van der Waals surface area contributed by atoms with Crippen molar-refractivity contribution < 1.29 is 0 Å². The zero-order valence-corrected chi connectivity index (χ0v) is 11.0. The summed E-state index contributed by atoms with van der Waals surface area (Å²) in [6, 6.07) is 7.66.